The van der Waals surface area contributed by atoms with Crippen LogP contribution in [-0.2, 0) is 6.18 Å². The van der Waals surface area contributed by atoms with Crippen molar-refractivity contribution in [2.45, 2.75) is 26.1 Å². The van der Waals surface area contributed by atoms with E-state index in [1.54, 1.807) is 13.8 Å². The number of carbonyl (C=O) groups is 1. The number of furan rings is 1. The van der Waals surface area contributed by atoms with Gasteiger partial charge >= 0.3 is 12.1 Å². The van der Waals surface area contributed by atoms with Gasteiger partial charge in [-0.25, -0.2) is 4.68 Å². The summed E-state index contributed by atoms with van der Waals surface area (Å²) in [6, 6.07) is 6.39. The Hall–Kier alpha value is -3.63. The van der Waals surface area contributed by atoms with E-state index in [-0.39, 0.29) is 11.4 Å². The Balaban J connectivity index is 1.81. The first-order valence-electron chi connectivity index (χ1n) is 8.35. The Morgan fingerprint density at radius 1 is 1.31 bits per heavy atom. The SMILES string of the molecule is Cc1c([C@@H](C)NC(=O)c2ccc([N+](=O)[O-])o2)cnn1-c1cccc(C(F)(F)F)c1. The zero-order valence-corrected chi connectivity index (χ0v) is 15.2. The predicted octanol–water partition coefficient (Wildman–Crippen LogP) is 4.19. The van der Waals surface area contributed by atoms with Crippen LogP contribution in [-0.4, -0.2) is 20.6 Å². The fraction of sp³-hybridized carbons (Fsp3) is 0.222. The van der Waals surface area contributed by atoms with Gasteiger partial charge in [-0.05, 0) is 38.1 Å². The number of nitrogens with zero attached hydrogens (tertiary/aromatic N) is 3. The molecule has 0 saturated carbocycles. The van der Waals surface area contributed by atoms with Crippen molar-refractivity contribution in [3.05, 3.63) is 75.3 Å². The number of carbonyl (C=O) groups excluding carboxylic acids is 1. The van der Waals surface area contributed by atoms with Gasteiger partial charge < -0.3 is 9.73 Å². The van der Waals surface area contributed by atoms with Crippen molar-refractivity contribution in [3.63, 3.8) is 0 Å². The molecule has 0 radical (unpaired) electrons. The summed E-state index contributed by atoms with van der Waals surface area (Å²) < 4.78 is 45.0. The van der Waals surface area contributed by atoms with Gasteiger partial charge in [0.25, 0.3) is 5.91 Å². The van der Waals surface area contributed by atoms with E-state index >= 15 is 0 Å². The standard InChI is InChI=1S/C18H15F3N4O4/c1-10(23-17(26)15-6-7-16(29-15)25(27)28)14-9-22-24(11(14)2)13-5-3-4-12(8-13)18(19,20)21/h3-10H,1-2H3,(H,23,26)/t10-/m1/s1. The highest BCUT2D eigenvalue weighted by Gasteiger charge is 2.31. The first-order valence-corrected chi connectivity index (χ1v) is 8.35. The van der Waals surface area contributed by atoms with E-state index in [0.29, 0.717) is 11.3 Å². The number of benzene rings is 1. The predicted molar refractivity (Wildman–Crippen MR) is 94.5 cm³/mol. The zero-order valence-electron chi connectivity index (χ0n) is 15.2. The maximum atomic E-state index is 12.9. The smallest absolute Gasteiger partial charge is 0.395 e. The number of hydrogen-bond donors (Lipinski definition) is 1. The van der Waals surface area contributed by atoms with Crippen LogP contribution in [0.2, 0.25) is 0 Å². The van der Waals surface area contributed by atoms with E-state index in [0.717, 1.165) is 18.2 Å². The van der Waals surface area contributed by atoms with Crippen LogP contribution in [0.4, 0.5) is 19.1 Å². The molecule has 11 heteroatoms. The topological polar surface area (TPSA) is 103 Å². The van der Waals surface area contributed by atoms with Gasteiger partial charge in [-0.2, -0.15) is 18.3 Å². The van der Waals surface area contributed by atoms with Crippen LogP contribution in [0.25, 0.3) is 5.69 Å². The van der Waals surface area contributed by atoms with Gasteiger partial charge in [0.1, 0.15) is 4.92 Å². The van der Waals surface area contributed by atoms with Gasteiger partial charge in [0.2, 0.25) is 0 Å². The summed E-state index contributed by atoms with van der Waals surface area (Å²) in [5, 5.41) is 17.4. The van der Waals surface area contributed by atoms with E-state index in [1.165, 1.54) is 29.1 Å². The number of alkyl halides is 3. The fourth-order valence-electron chi connectivity index (χ4n) is 2.82. The summed E-state index contributed by atoms with van der Waals surface area (Å²) in [4.78, 5) is 22.1. The molecule has 0 fully saturated rings. The van der Waals surface area contributed by atoms with Gasteiger partial charge in [-0.1, -0.05) is 6.07 Å². The second-order valence-electron chi connectivity index (χ2n) is 6.24. The highest BCUT2D eigenvalue weighted by Crippen LogP contribution is 2.31. The van der Waals surface area contributed by atoms with E-state index in [1.807, 2.05) is 0 Å². The molecular weight excluding hydrogens is 393 g/mol. The Morgan fingerprint density at radius 3 is 2.66 bits per heavy atom. The van der Waals surface area contributed by atoms with Crippen molar-refractivity contribution in [1.82, 2.24) is 15.1 Å². The van der Waals surface area contributed by atoms with Crippen molar-refractivity contribution in [2.24, 2.45) is 0 Å². The summed E-state index contributed by atoms with van der Waals surface area (Å²) in [7, 11) is 0. The highest BCUT2D eigenvalue weighted by molar-refractivity contribution is 5.92. The lowest BCUT2D eigenvalue weighted by Crippen LogP contribution is -2.26. The summed E-state index contributed by atoms with van der Waals surface area (Å²) in [6.07, 6.45) is -3.04. The van der Waals surface area contributed by atoms with Crippen LogP contribution in [0, 0.1) is 17.0 Å². The molecular formula is C18H15F3N4O4. The van der Waals surface area contributed by atoms with Crippen LogP contribution in [0.1, 0.15) is 40.3 Å². The second-order valence-corrected chi connectivity index (χ2v) is 6.24. The molecule has 152 valence electrons. The molecule has 2 aromatic heterocycles. The lowest BCUT2D eigenvalue weighted by atomic mass is 10.1. The minimum absolute atomic E-state index is 0.226. The number of amides is 1. The van der Waals surface area contributed by atoms with Crippen molar-refractivity contribution in [1.29, 1.82) is 0 Å². The van der Waals surface area contributed by atoms with Crippen LogP contribution in [0.5, 0.6) is 0 Å². The second kappa shape index (κ2) is 7.41. The molecule has 1 N–H and O–H groups in total. The maximum Gasteiger partial charge on any atom is 0.433 e. The monoisotopic (exact) mass is 408 g/mol. The van der Waals surface area contributed by atoms with Crippen LogP contribution >= 0.6 is 0 Å². The molecule has 0 spiro atoms. The van der Waals surface area contributed by atoms with Gasteiger partial charge in [0.05, 0.1) is 29.6 Å². The molecule has 3 rings (SSSR count). The van der Waals surface area contributed by atoms with Gasteiger partial charge in [0, 0.05) is 11.3 Å². The van der Waals surface area contributed by atoms with Gasteiger partial charge in [-0.3, -0.25) is 14.9 Å². The minimum atomic E-state index is -4.48. The summed E-state index contributed by atoms with van der Waals surface area (Å²) in [5.74, 6) is -1.46. The quantitative estimate of drug-likeness (QED) is 0.504. The number of rotatable bonds is 5. The molecule has 0 aliphatic heterocycles. The molecule has 3 aromatic rings. The third kappa shape index (κ3) is 4.13. The Kier molecular flexibility index (Phi) is 5.14. The van der Waals surface area contributed by atoms with Crippen LogP contribution < -0.4 is 5.32 Å². The molecule has 0 unspecified atom stereocenters. The Labute approximate surface area is 162 Å². The molecule has 0 aliphatic rings. The third-order valence-electron chi connectivity index (χ3n) is 4.28. The average Bonchev–Trinajstić information content (AvgIpc) is 3.28. The van der Waals surface area contributed by atoms with E-state index < -0.39 is 34.5 Å². The number of aromatic nitrogens is 2. The van der Waals surface area contributed by atoms with Gasteiger partial charge in [-0.15, -0.1) is 0 Å². The minimum Gasteiger partial charge on any atom is -0.395 e. The van der Waals surface area contributed by atoms with E-state index in [9.17, 15) is 28.1 Å². The molecule has 0 saturated heterocycles. The van der Waals surface area contributed by atoms with E-state index in [4.69, 9.17) is 4.42 Å². The zero-order chi connectivity index (χ0) is 21.3. The van der Waals surface area contributed by atoms with Crippen LogP contribution in [0.3, 0.4) is 0 Å². The van der Waals surface area contributed by atoms with Crippen LogP contribution in [0.15, 0.2) is 47.0 Å². The molecule has 1 atom stereocenters. The maximum absolute atomic E-state index is 12.9. The molecule has 0 aliphatic carbocycles. The molecule has 8 nitrogen and oxygen atoms in total. The lowest BCUT2D eigenvalue weighted by Gasteiger charge is -2.14. The largest absolute Gasteiger partial charge is 0.433 e. The molecule has 29 heavy (non-hydrogen) atoms. The molecule has 1 aromatic carbocycles. The number of nitrogens with one attached hydrogen (secondary N) is 1. The normalized spacial score (nSPS) is 12.6. The number of halogens is 3. The third-order valence-corrected chi connectivity index (χ3v) is 4.28. The molecule has 0 bridgehead atoms. The summed E-state index contributed by atoms with van der Waals surface area (Å²) in [5.41, 5.74) is 0.523. The Bertz CT molecular complexity index is 1070. The number of hydrogen-bond acceptors (Lipinski definition) is 5. The average molecular weight is 408 g/mol. The number of nitro groups is 1. The molecule has 2 heterocycles. The van der Waals surface area contributed by atoms with E-state index in [2.05, 4.69) is 10.4 Å². The Morgan fingerprint density at radius 2 is 2.03 bits per heavy atom. The summed E-state index contributed by atoms with van der Waals surface area (Å²) in [6.45, 7) is 3.30. The van der Waals surface area contributed by atoms with Crippen molar-refractivity contribution in [2.75, 3.05) is 0 Å². The first kappa shape index (κ1) is 20.1. The van der Waals surface area contributed by atoms with Crippen molar-refractivity contribution >= 4 is 11.8 Å². The van der Waals surface area contributed by atoms with Crippen molar-refractivity contribution < 1.29 is 27.3 Å². The van der Waals surface area contributed by atoms with Crippen molar-refractivity contribution in [3.8, 4) is 5.69 Å². The highest BCUT2D eigenvalue weighted by atomic mass is 19.4. The lowest BCUT2D eigenvalue weighted by molar-refractivity contribution is -0.402. The molecule has 1 amide bonds. The summed E-state index contributed by atoms with van der Waals surface area (Å²) >= 11 is 0. The fourth-order valence-corrected chi connectivity index (χ4v) is 2.82. The first-order chi connectivity index (χ1) is 13.6. The van der Waals surface area contributed by atoms with Gasteiger partial charge in [0.15, 0.2) is 5.76 Å².